The minimum Gasteiger partial charge on any atom is -0.380 e. The maximum atomic E-state index is 12.9. The van der Waals surface area contributed by atoms with E-state index in [1.54, 1.807) is 23.5 Å². The lowest BCUT2D eigenvalue weighted by molar-refractivity contribution is 0.628. The van der Waals surface area contributed by atoms with Gasteiger partial charge in [0, 0.05) is 17.1 Å². The van der Waals surface area contributed by atoms with E-state index in [2.05, 4.69) is 23.7 Å². The highest BCUT2D eigenvalue weighted by Gasteiger charge is 2.02. The lowest BCUT2D eigenvalue weighted by Crippen LogP contribution is -1.98. The highest BCUT2D eigenvalue weighted by molar-refractivity contribution is 7.10. The molecule has 1 aromatic heterocycles. The lowest BCUT2D eigenvalue weighted by atomic mass is 10.2. The monoisotopic (exact) mass is 255 g/mol. The van der Waals surface area contributed by atoms with Crippen LogP contribution in [-0.2, 0) is 6.54 Å². The normalized spacial score (nSPS) is 10.4. The van der Waals surface area contributed by atoms with Gasteiger partial charge in [-0.15, -0.1) is 11.3 Å². The molecule has 1 aromatic carbocycles. The van der Waals surface area contributed by atoms with E-state index in [4.69, 9.17) is 11.6 Å². The number of hydrogen-bond acceptors (Lipinski definition) is 2. The Morgan fingerprint density at radius 2 is 2.19 bits per heavy atom. The zero-order valence-corrected chi connectivity index (χ0v) is 10.3. The number of thiophene rings is 1. The molecule has 0 saturated heterocycles. The van der Waals surface area contributed by atoms with E-state index >= 15 is 0 Å². The Labute approximate surface area is 103 Å². The number of halogens is 2. The number of anilines is 1. The quantitative estimate of drug-likeness (QED) is 0.854. The summed E-state index contributed by atoms with van der Waals surface area (Å²) in [6.07, 6.45) is 0. The van der Waals surface area contributed by atoms with E-state index in [1.165, 1.54) is 16.5 Å². The van der Waals surface area contributed by atoms with Crippen LogP contribution < -0.4 is 5.32 Å². The standard InChI is InChI=1S/C12H11ClFNS/c1-8-4-5-16-12(8)7-15-9-2-3-11(14)10(13)6-9/h2-6,15H,7H2,1H3. The molecule has 0 bridgehead atoms. The molecule has 0 radical (unpaired) electrons. The molecular weight excluding hydrogens is 245 g/mol. The van der Waals surface area contributed by atoms with E-state index in [-0.39, 0.29) is 10.8 Å². The fourth-order valence-corrected chi connectivity index (χ4v) is 2.40. The molecule has 0 fully saturated rings. The van der Waals surface area contributed by atoms with Gasteiger partial charge in [-0.25, -0.2) is 4.39 Å². The van der Waals surface area contributed by atoms with Crippen LogP contribution in [0.2, 0.25) is 5.02 Å². The summed E-state index contributed by atoms with van der Waals surface area (Å²) in [5.74, 6) is -0.389. The zero-order chi connectivity index (χ0) is 11.5. The summed E-state index contributed by atoms with van der Waals surface area (Å²) in [7, 11) is 0. The first-order valence-corrected chi connectivity index (χ1v) is 6.14. The number of rotatable bonds is 3. The van der Waals surface area contributed by atoms with Gasteiger partial charge in [-0.3, -0.25) is 0 Å². The molecule has 0 spiro atoms. The van der Waals surface area contributed by atoms with Crippen molar-refractivity contribution in [3.8, 4) is 0 Å². The van der Waals surface area contributed by atoms with Gasteiger partial charge < -0.3 is 5.32 Å². The van der Waals surface area contributed by atoms with Crippen molar-refractivity contribution in [2.24, 2.45) is 0 Å². The van der Waals surface area contributed by atoms with Gasteiger partial charge in [0.05, 0.1) is 5.02 Å². The summed E-state index contributed by atoms with van der Waals surface area (Å²) in [5, 5.41) is 5.42. The molecular formula is C12H11ClFNS. The predicted octanol–water partition coefficient (Wildman–Crippen LogP) is 4.46. The topological polar surface area (TPSA) is 12.0 Å². The Balaban J connectivity index is 2.05. The van der Waals surface area contributed by atoms with E-state index < -0.39 is 0 Å². The molecule has 0 aliphatic carbocycles. The number of hydrogen-bond donors (Lipinski definition) is 1. The van der Waals surface area contributed by atoms with Crippen LogP contribution in [0.1, 0.15) is 10.4 Å². The van der Waals surface area contributed by atoms with E-state index in [9.17, 15) is 4.39 Å². The van der Waals surface area contributed by atoms with Crippen molar-refractivity contribution in [2.75, 3.05) is 5.32 Å². The molecule has 0 aliphatic heterocycles. The molecule has 16 heavy (non-hydrogen) atoms. The van der Waals surface area contributed by atoms with E-state index in [0.717, 1.165) is 12.2 Å². The average molecular weight is 256 g/mol. The van der Waals surface area contributed by atoms with Gasteiger partial charge in [0.25, 0.3) is 0 Å². The summed E-state index contributed by atoms with van der Waals surface area (Å²) >= 11 is 7.40. The van der Waals surface area contributed by atoms with Crippen molar-refractivity contribution < 1.29 is 4.39 Å². The summed E-state index contributed by atoms with van der Waals surface area (Å²) in [6.45, 7) is 2.82. The fourth-order valence-electron chi connectivity index (χ4n) is 1.37. The van der Waals surface area contributed by atoms with Crippen molar-refractivity contribution in [1.82, 2.24) is 0 Å². The maximum absolute atomic E-state index is 12.9. The van der Waals surface area contributed by atoms with Crippen LogP contribution in [0.4, 0.5) is 10.1 Å². The number of aryl methyl sites for hydroxylation is 1. The van der Waals surface area contributed by atoms with Crippen molar-refractivity contribution in [1.29, 1.82) is 0 Å². The van der Waals surface area contributed by atoms with Crippen LogP contribution >= 0.6 is 22.9 Å². The van der Waals surface area contributed by atoms with Crippen LogP contribution in [0.5, 0.6) is 0 Å². The third-order valence-electron chi connectivity index (χ3n) is 2.34. The van der Waals surface area contributed by atoms with Crippen LogP contribution in [0.3, 0.4) is 0 Å². The van der Waals surface area contributed by atoms with Gasteiger partial charge in [0.2, 0.25) is 0 Å². The third kappa shape index (κ3) is 2.54. The van der Waals surface area contributed by atoms with Gasteiger partial charge >= 0.3 is 0 Å². The Hall–Kier alpha value is -1.06. The average Bonchev–Trinajstić information content (AvgIpc) is 2.66. The van der Waals surface area contributed by atoms with Gasteiger partial charge in [0.1, 0.15) is 5.82 Å². The Morgan fingerprint density at radius 3 is 2.81 bits per heavy atom. The Bertz CT molecular complexity index is 496. The van der Waals surface area contributed by atoms with Crippen LogP contribution in [0.25, 0.3) is 0 Å². The molecule has 1 nitrogen and oxygen atoms in total. The Kier molecular flexibility index (Phi) is 3.46. The fraction of sp³-hybridized carbons (Fsp3) is 0.167. The molecule has 84 valence electrons. The highest BCUT2D eigenvalue weighted by Crippen LogP contribution is 2.21. The van der Waals surface area contributed by atoms with Gasteiger partial charge in [-0.2, -0.15) is 0 Å². The van der Waals surface area contributed by atoms with Gasteiger partial charge in [-0.1, -0.05) is 11.6 Å². The van der Waals surface area contributed by atoms with Crippen molar-refractivity contribution in [2.45, 2.75) is 13.5 Å². The molecule has 0 unspecified atom stereocenters. The first-order valence-electron chi connectivity index (χ1n) is 4.88. The predicted molar refractivity (Wildman–Crippen MR) is 67.8 cm³/mol. The number of benzene rings is 1. The summed E-state index contributed by atoms with van der Waals surface area (Å²) < 4.78 is 12.9. The molecule has 0 saturated carbocycles. The minimum absolute atomic E-state index is 0.146. The molecule has 0 amide bonds. The lowest BCUT2D eigenvalue weighted by Gasteiger charge is -2.06. The summed E-state index contributed by atoms with van der Waals surface area (Å²) in [5.41, 5.74) is 2.10. The Morgan fingerprint density at radius 1 is 1.38 bits per heavy atom. The summed E-state index contributed by atoms with van der Waals surface area (Å²) in [4.78, 5) is 1.28. The van der Waals surface area contributed by atoms with Gasteiger partial charge in [0.15, 0.2) is 0 Å². The second kappa shape index (κ2) is 4.85. The van der Waals surface area contributed by atoms with Crippen LogP contribution in [-0.4, -0.2) is 0 Å². The second-order valence-electron chi connectivity index (χ2n) is 3.51. The van der Waals surface area contributed by atoms with Crippen LogP contribution in [0, 0.1) is 12.7 Å². The second-order valence-corrected chi connectivity index (χ2v) is 4.92. The minimum atomic E-state index is -0.389. The molecule has 2 rings (SSSR count). The molecule has 1 N–H and O–H groups in total. The third-order valence-corrected chi connectivity index (χ3v) is 3.65. The summed E-state index contributed by atoms with van der Waals surface area (Å²) in [6, 6.07) is 6.73. The molecule has 2 aromatic rings. The molecule has 4 heteroatoms. The van der Waals surface area contributed by atoms with E-state index in [0.29, 0.717) is 0 Å². The smallest absolute Gasteiger partial charge is 0.141 e. The van der Waals surface area contributed by atoms with Crippen molar-refractivity contribution >= 4 is 28.6 Å². The zero-order valence-electron chi connectivity index (χ0n) is 8.76. The van der Waals surface area contributed by atoms with Crippen LogP contribution in [0.15, 0.2) is 29.6 Å². The largest absolute Gasteiger partial charge is 0.380 e. The highest BCUT2D eigenvalue weighted by atomic mass is 35.5. The van der Waals surface area contributed by atoms with E-state index in [1.807, 2.05) is 0 Å². The SMILES string of the molecule is Cc1ccsc1CNc1ccc(F)c(Cl)c1. The van der Waals surface area contributed by atoms with Gasteiger partial charge in [-0.05, 0) is 42.1 Å². The first kappa shape index (κ1) is 11.4. The number of nitrogens with one attached hydrogen (secondary N) is 1. The molecule has 1 heterocycles. The molecule has 0 aliphatic rings. The van der Waals surface area contributed by atoms with Crippen molar-refractivity contribution in [3.05, 3.63) is 50.9 Å². The van der Waals surface area contributed by atoms with Crippen molar-refractivity contribution in [3.63, 3.8) is 0 Å². The first-order chi connectivity index (χ1) is 7.66. The maximum Gasteiger partial charge on any atom is 0.141 e. The molecule has 0 atom stereocenters.